The van der Waals surface area contributed by atoms with E-state index in [1.807, 2.05) is 11.8 Å². The Morgan fingerprint density at radius 1 is 1.15 bits per heavy atom. The second-order valence-corrected chi connectivity index (χ2v) is 6.12. The van der Waals surface area contributed by atoms with E-state index < -0.39 is 0 Å². The lowest BCUT2D eigenvalue weighted by Gasteiger charge is -2.31. The van der Waals surface area contributed by atoms with Crippen molar-refractivity contribution in [1.29, 1.82) is 0 Å². The summed E-state index contributed by atoms with van der Waals surface area (Å²) in [5.41, 5.74) is 0. The van der Waals surface area contributed by atoms with Crippen molar-refractivity contribution in [2.24, 2.45) is 11.8 Å². The number of likely N-dealkylation sites (tertiary alicyclic amines) is 1. The highest BCUT2D eigenvalue weighted by atomic mass is 16.5. The van der Waals surface area contributed by atoms with Crippen LogP contribution in [-0.4, -0.2) is 36.5 Å². The Bertz CT molecular complexity index is 337. The number of ether oxygens (including phenoxy) is 1. The number of hydrogen-bond donors (Lipinski definition) is 0. The molecule has 1 heterocycles. The molecule has 0 radical (unpaired) electrons. The maximum atomic E-state index is 12.3. The summed E-state index contributed by atoms with van der Waals surface area (Å²) in [7, 11) is 0. The first-order valence-electron chi connectivity index (χ1n) is 8.15. The van der Waals surface area contributed by atoms with Gasteiger partial charge in [-0.15, -0.1) is 0 Å². The van der Waals surface area contributed by atoms with Crippen LogP contribution in [0, 0.1) is 11.8 Å². The molecule has 114 valence electrons. The third-order valence-electron chi connectivity index (χ3n) is 4.64. The molecule has 2 rings (SSSR count). The van der Waals surface area contributed by atoms with Gasteiger partial charge in [0.25, 0.3) is 0 Å². The van der Waals surface area contributed by atoms with Crippen LogP contribution in [0.2, 0.25) is 0 Å². The zero-order chi connectivity index (χ0) is 14.4. The standard InChI is InChI=1S/C16H27NO3/c1-2-20-16(19)14-8-5-11-17(12-14)15(18)10-9-13-6-3-4-7-13/h13-14H,2-12H2,1H3/t14-/m1/s1. The zero-order valence-corrected chi connectivity index (χ0v) is 12.6. The fourth-order valence-electron chi connectivity index (χ4n) is 3.44. The van der Waals surface area contributed by atoms with Crippen molar-refractivity contribution in [3.8, 4) is 0 Å². The second kappa shape index (κ2) is 7.65. The quantitative estimate of drug-likeness (QED) is 0.728. The molecule has 1 aliphatic heterocycles. The molecule has 0 bridgehead atoms. The molecule has 1 atom stereocenters. The van der Waals surface area contributed by atoms with Crippen molar-refractivity contribution in [2.45, 2.75) is 58.3 Å². The van der Waals surface area contributed by atoms with E-state index in [9.17, 15) is 9.59 Å². The summed E-state index contributed by atoms with van der Waals surface area (Å²) in [6, 6.07) is 0. The molecule has 4 heteroatoms. The van der Waals surface area contributed by atoms with Crippen molar-refractivity contribution in [3.05, 3.63) is 0 Å². The average molecular weight is 281 g/mol. The van der Waals surface area contributed by atoms with Crippen LogP contribution in [0.3, 0.4) is 0 Å². The van der Waals surface area contributed by atoms with Gasteiger partial charge in [-0.1, -0.05) is 25.7 Å². The molecule has 0 spiro atoms. The van der Waals surface area contributed by atoms with E-state index in [0.29, 0.717) is 19.6 Å². The van der Waals surface area contributed by atoms with Crippen LogP contribution in [0.1, 0.15) is 58.3 Å². The van der Waals surface area contributed by atoms with Gasteiger partial charge in [-0.25, -0.2) is 0 Å². The molecule has 0 aromatic heterocycles. The van der Waals surface area contributed by atoms with E-state index in [4.69, 9.17) is 4.74 Å². The topological polar surface area (TPSA) is 46.6 Å². The van der Waals surface area contributed by atoms with Crippen LogP contribution >= 0.6 is 0 Å². The van der Waals surface area contributed by atoms with Crippen molar-refractivity contribution in [3.63, 3.8) is 0 Å². The fraction of sp³-hybridized carbons (Fsp3) is 0.875. The Morgan fingerprint density at radius 2 is 1.90 bits per heavy atom. The predicted octanol–water partition coefficient (Wildman–Crippen LogP) is 2.76. The lowest BCUT2D eigenvalue weighted by atomic mass is 9.96. The zero-order valence-electron chi connectivity index (χ0n) is 12.6. The highest BCUT2D eigenvalue weighted by Gasteiger charge is 2.29. The van der Waals surface area contributed by atoms with Gasteiger partial charge < -0.3 is 9.64 Å². The third-order valence-corrected chi connectivity index (χ3v) is 4.64. The largest absolute Gasteiger partial charge is 0.466 e. The van der Waals surface area contributed by atoms with E-state index in [2.05, 4.69) is 0 Å². The van der Waals surface area contributed by atoms with Crippen LogP contribution in [0.15, 0.2) is 0 Å². The molecule has 0 unspecified atom stereocenters. The first-order valence-corrected chi connectivity index (χ1v) is 8.15. The summed E-state index contributed by atoms with van der Waals surface area (Å²) in [4.78, 5) is 25.9. The summed E-state index contributed by atoms with van der Waals surface area (Å²) < 4.78 is 5.07. The Morgan fingerprint density at radius 3 is 2.60 bits per heavy atom. The van der Waals surface area contributed by atoms with Gasteiger partial charge in [-0.2, -0.15) is 0 Å². The molecule has 1 saturated carbocycles. The first kappa shape index (κ1) is 15.3. The summed E-state index contributed by atoms with van der Waals surface area (Å²) in [6.07, 6.45) is 8.68. The van der Waals surface area contributed by atoms with E-state index >= 15 is 0 Å². The summed E-state index contributed by atoms with van der Waals surface area (Å²) >= 11 is 0. The highest BCUT2D eigenvalue weighted by Crippen LogP contribution is 2.29. The number of nitrogens with zero attached hydrogens (tertiary/aromatic N) is 1. The molecule has 1 aliphatic carbocycles. The van der Waals surface area contributed by atoms with Crippen LogP contribution in [0.5, 0.6) is 0 Å². The summed E-state index contributed by atoms with van der Waals surface area (Å²) in [5.74, 6) is 0.732. The summed E-state index contributed by atoms with van der Waals surface area (Å²) in [6.45, 7) is 3.61. The Hall–Kier alpha value is -1.06. The number of piperidine rings is 1. The van der Waals surface area contributed by atoms with Crippen LogP contribution in [-0.2, 0) is 14.3 Å². The second-order valence-electron chi connectivity index (χ2n) is 6.12. The van der Waals surface area contributed by atoms with Gasteiger partial charge in [-0.05, 0) is 32.1 Å². The number of rotatable bonds is 5. The third kappa shape index (κ3) is 4.22. The minimum atomic E-state index is -0.138. The molecule has 1 saturated heterocycles. The van der Waals surface area contributed by atoms with Gasteiger partial charge in [0.2, 0.25) is 5.91 Å². The van der Waals surface area contributed by atoms with Crippen LogP contribution < -0.4 is 0 Å². The summed E-state index contributed by atoms with van der Waals surface area (Å²) in [5, 5.41) is 0. The number of amides is 1. The van der Waals surface area contributed by atoms with E-state index in [1.54, 1.807) is 0 Å². The van der Waals surface area contributed by atoms with Gasteiger partial charge in [0.15, 0.2) is 0 Å². The Labute approximate surface area is 121 Å². The fourth-order valence-corrected chi connectivity index (χ4v) is 3.44. The lowest BCUT2D eigenvalue weighted by molar-refractivity contribution is -0.151. The predicted molar refractivity (Wildman–Crippen MR) is 77.1 cm³/mol. The lowest BCUT2D eigenvalue weighted by Crippen LogP contribution is -2.42. The van der Waals surface area contributed by atoms with Crippen LogP contribution in [0.25, 0.3) is 0 Å². The number of carbonyl (C=O) groups excluding carboxylic acids is 2. The SMILES string of the molecule is CCOC(=O)[C@@H]1CCCN(C(=O)CCC2CCCC2)C1. The molecule has 20 heavy (non-hydrogen) atoms. The monoisotopic (exact) mass is 281 g/mol. The van der Waals surface area contributed by atoms with Crippen molar-refractivity contribution < 1.29 is 14.3 Å². The molecule has 2 aliphatic rings. The Kier molecular flexibility index (Phi) is 5.86. The van der Waals surface area contributed by atoms with Gasteiger partial charge in [0.1, 0.15) is 0 Å². The van der Waals surface area contributed by atoms with Crippen molar-refractivity contribution in [1.82, 2.24) is 4.90 Å². The first-order chi connectivity index (χ1) is 9.70. The van der Waals surface area contributed by atoms with Crippen molar-refractivity contribution >= 4 is 11.9 Å². The number of carbonyl (C=O) groups is 2. The van der Waals surface area contributed by atoms with Crippen LogP contribution in [0.4, 0.5) is 0 Å². The number of hydrogen-bond acceptors (Lipinski definition) is 3. The maximum Gasteiger partial charge on any atom is 0.310 e. The minimum absolute atomic E-state index is 0.112. The van der Waals surface area contributed by atoms with E-state index in [-0.39, 0.29) is 17.8 Å². The molecular formula is C16H27NO3. The smallest absolute Gasteiger partial charge is 0.310 e. The van der Waals surface area contributed by atoms with Crippen molar-refractivity contribution in [2.75, 3.05) is 19.7 Å². The normalized spacial score (nSPS) is 23.9. The molecular weight excluding hydrogens is 254 g/mol. The van der Waals surface area contributed by atoms with Gasteiger partial charge in [0.05, 0.1) is 12.5 Å². The minimum Gasteiger partial charge on any atom is -0.466 e. The maximum absolute atomic E-state index is 12.3. The van der Waals surface area contributed by atoms with E-state index in [0.717, 1.165) is 31.7 Å². The van der Waals surface area contributed by atoms with Gasteiger partial charge in [0, 0.05) is 19.5 Å². The molecule has 0 aromatic rings. The molecule has 0 aromatic carbocycles. The number of esters is 1. The van der Waals surface area contributed by atoms with E-state index in [1.165, 1.54) is 25.7 Å². The average Bonchev–Trinajstić information content (AvgIpc) is 2.98. The molecule has 1 amide bonds. The van der Waals surface area contributed by atoms with Gasteiger partial charge >= 0.3 is 5.97 Å². The molecule has 2 fully saturated rings. The molecule has 4 nitrogen and oxygen atoms in total. The highest BCUT2D eigenvalue weighted by molar-refractivity contribution is 5.78. The Balaban J connectivity index is 1.75. The van der Waals surface area contributed by atoms with Gasteiger partial charge in [-0.3, -0.25) is 9.59 Å². The molecule has 0 N–H and O–H groups in total.